The van der Waals surface area contributed by atoms with Gasteiger partial charge in [-0.2, -0.15) is 0 Å². The first-order valence-electron chi connectivity index (χ1n) is 8.97. The van der Waals surface area contributed by atoms with Crippen molar-refractivity contribution in [2.24, 2.45) is 0 Å². The van der Waals surface area contributed by atoms with Gasteiger partial charge in [0.2, 0.25) is 11.8 Å². The molecule has 1 aliphatic rings. The lowest BCUT2D eigenvalue weighted by atomic mass is 10.3. The van der Waals surface area contributed by atoms with Gasteiger partial charge in [-0.15, -0.1) is 0 Å². The summed E-state index contributed by atoms with van der Waals surface area (Å²) >= 11 is 0. The molecule has 1 saturated heterocycles. The fourth-order valence-electron chi connectivity index (χ4n) is 2.80. The molecule has 0 saturated carbocycles. The lowest BCUT2D eigenvalue weighted by Gasteiger charge is -2.16. The molecule has 2 aromatic carbocycles. The molecule has 3 amide bonds. The molecule has 3 rings (SSSR count). The standard InChI is InChI=1S/C20H19F2N3O4/c21-16-8-3-13(10-17(16)22)24-18(26)11-23-19(27)12-29-15-6-4-14(5-7-15)25-9-1-2-20(25)28/h3-8,10H,1-2,9,11-12H2,(H,23,27)(H,24,26). The van der Waals surface area contributed by atoms with Crippen LogP contribution in [0.4, 0.5) is 20.2 Å². The van der Waals surface area contributed by atoms with E-state index in [0.29, 0.717) is 18.7 Å². The second-order valence-electron chi connectivity index (χ2n) is 6.39. The number of amides is 3. The van der Waals surface area contributed by atoms with Crippen molar-refractivity contribution in [3.05, 3.63) is 54.1 Å². The maximum atomic E-state index is 13.1. The zero-order valence-corrected chi connectivity index (χ0v) is 15.4. The van der Waals surface area contributed by atoms with Gasteiger partial charge in [0, 0.05) is 30.4 Å². The molecule has 2 aromatic rings. The molecule has 0 bridgehead atoms. The molecule has 152 valence electrons. The van der Waals surface area contributed by atoms with E-state index >= 15 is 0 Å². The van der Waals surface area contributed by atoms with Crippen molar-refractivity contribution >= 4 is 29.1 Å². The number of rotatable bonds is 7. The summed E-state index contributed by atoms with van der Waals surface area (Å²) in [5.74, 6) is -2.69. The number of hydrogen-bond donors (Lipinski definition) is 2. The van der Waals surface area contributed by atoms with Crippen molar-refractivity contribution < 1.29 is 27.9 Å². The topological polar surface area (TPSA) is 87.7 Å². The van der Waals surface area contributed by atoms with Crippen LogP contribution in [0.3, 0.4) is 0 Å². The number of hydrogen-bond acceptors (Lipinski definition) is 4. The van der Waals surface area contributed by atoms with Gasteiger partial charge in [-0.05, 0) is 42.8 Å². The minimum atomic E-state index is -1.08. The summed E-state index contributed by atoms with van der Waals surface area (Å²) in [6.45, 7) is 0.0334. The lowest BCUT2D eigenvalue weighted by molar-refractivity contribution is -0.125. The van der Waals surface area contributed by atoms with Crippen molar-refractivity contribution in [1.29, 1.82) is 0 Å². The fourth-order valence-corrected chi connectivity index (χ4v) is 2.80. The molecule has 2 N–H and O–H groups in total. The molecule has 0 aliphatic carbocycles. The molecule has 1 fully saturated rings. The molecule has 9 heteroatoms. The largest absolute Gasteiger partial charge is 0.484 e. The van der Waals surface area contributed by atoms with Crippen molar-refractivity contribution in [2.75, 3.05) is 29.9 Å². The Labute approximate surface area is 165 Å². The number of carbonyl (C=O) groups is 3. The highest BCUT2D eigenvalue weighted by atomic mass is 19.2. The predicted molar refractivity (Wildman–Crippen MR) is 102 cm³/mol. The monoisotopic (exact) mass is 403 g/mol. The van der Waals surface area contributed by atoms with Crippen LogP contribution < -0.4 is 20.3 Å². The van der Waals surface area contributed by atoms with Crippen molar-refractivity contribution in [1.82, 2.24) is 5.32 Å². The van der Waals surface area contributed by atoms with Crippen LogP contribution in [0.5, 0.6) is 5.75 Å². The Hall–Kier alpha value is -3.49. The van der Waals surface area contributed by atoms with Gasteiger partial charge in [-0.3, -0.25) is 14.4 Å². The number of ether oxygens (including phenoxy) is 1. The van der Waals surface area contributed by atoms with E-state index in [2.05, 4.69) is 10.6 Å². The maximum absolute atomic E-state index is 13.1. The van der Waals surface area contributed by atoms with Gasteiger partial charge in [0.05, 0.1) is 6.54 Å². The third-order valence-electron chi connectivity index (χ3n) is 4.24. The highest BCUT2D eigenvalue weighted by Crippen LogP contribution is 2.23. The van der Waals surface area contributed by atoms with E-state index in [0.717, 1.165) is 24.2 Å². The van der Waals surface area contributed by atoms with Crippen LogP contribution in [-0.2, 0) is 14.4 Å². The first-order valence-corrected chi connectivity index (χ1v) is 8.97. The molecule has 1 aliphatic heterocycles. The van der Waals surface area contributed by atoms with Gasteiger partial charge >= 0.3 is 0 Å². The van der Waals surface area contributed by atoms with Gasteiger partial charge < -0.3 is 20.3 Å². The number of nitrogens with one attached hydrogen (secondary N) is 2. The second-order valence-corrected chi connectivity index (χ2v) is 6.39. The minimum Gasteiger partial charge on any atom is -0.484 e. The SMILES string of the molecule is O=C(COc1ccc(N2CCCC2=O)cc1)NCC(=O)Nc1ccc(F)c(F)c1. The Balaban J connectivity index is 1.40. The number of halogens is 2. The number of benzene rings is 2. The summed E-state index contributed by atoms with van der Waals surface area (Å²) in [6, 6.07) is 9.74. The van der Waals surface area contributed by atoms with E-state index in [1.54, 1.807) is 29.2 Å². The van der Waals surface area contributed by atoms with Gasteiger partial charge in [0.1, 0.15) is 5.75 Å². The minimum absolute atomic E-state index is 0.0796. The highest BCUT2D eigenvalue weighted by molar-refractivity contribution is 5.95. The summed E-state index contributed by atoms with van der Waals surface area (Å²) in [5.41, 5.74) is 0.856. The Kier molecular flexibility index (Phi) is 6.38. The van der Waals surface area contributed by atoms with Crippen LogP contribution in [0.2, 0.25) is 0 Å². The van der Waals surface area contributed by atoms with Crippen LogP contribution in [-0.4, -0.2) is 37.4 Å². The average molecular weight is 403 g/mol. The van der Waals surface area contributed by atoms with Gasteiger partial charge in [-0.1, -0.05) is 0 Å². The summed E-state index contributed by atoms with van der Waals surface area (Å²) < 4.78 is 31.3. The molecule has 0 spiro atoms. The zero-order valence-electron chi connectivity index (χ0n) is 15.4. The zero-order chi connectivity index (χ0) is 20.8. The highest BCUT2D eigenvalue weighted by Gasteiger charge is 2.21. The Bertz CT molecular complexity index is 918. The van der Waals surface area contributed by atoms with E-state index in [1.165, 1.54) is 6.07 Å². The van der Waals surface area contributed by atoms with Crippen molar-refractivity contribution in [2.45, 2.75) is 12.8 Å². The van der Waals surface area contributed by atoms with Crippen molar-refractivity contribution in [3.63, 3.8) is 0 Å². The van der Waals surface area contributed by atoms with E-state index in [1.807, 2.05) is 0 Å². The number of carbonyl (C=O) groups excluding carboxylic acids is 3. The van der Waals surface area contributed by atoms with E-state index in [9.17, 15) is 23.2 Å². The fraction of sp³-hybridized carbons (Fsp3) is 0.250. The van der Waals surface area contributed by atoms with Crippen LogP contribution in [0.15, 0.2) is 42.5 Å². The molecule has 0 aromatic heterocycles. The Morgan fingerprint density at radius 2 is 1.79 bits per heavy atom. The maximum Gasteiger partial charge on any atom is 0.258 e. The second kappa shape index (κ2) is 9.13. The molecular weight excluding hydrogens is 384 g/mol. The van der Waals surface area contributed by atoms with E-state index in [-0.39, 0.29) is 24.7 Å². The van der Waals surface area contributed by atoms with Gasteiger partial charge in [0.25, 0.3) is 5.91 Å². The van der Waals surface area contributed by atoms with Crippen LogP contribution in [0.1, 0.15) is 12.8 Å². The van der Waals surface area contributed by atoms with Crippen LogP contribution in [0.25, 0.3) is 0 Å². The Morgan fingerprint density at radius 3 is 2.45 bits per heavy atom. The summed E-state index contributed by atoms with van der Waals surface area (Å²) in [7, 11) is 0. The van der Waals surface area contributed by atoms with Gasteiger partial charge in [-0.25, -0.2) is 8.78 Å². The Morgan fingerprint density at radius 1 is 1.03 bits per heavy atom. The first-order chi connectivity index (χ1) is 13.9. The molecule has 0 unspecified atom stereocenters. The summed E-state index contributed by atoms with van der Waals surface area (Å²) in [4.78, 5) is 37.0. The average Bonchev–Trinajstić information content (AvgIpc) is 3.14. The first kappa shape index (κ1) is 20.2. The van der Waals surface area contributed by atoms with Gasteiger partial charge in [0.15, 0.2) is 18.2 Å². The molecule has 0 radical (unpaired) electrons. The quantitative estimate of drug-likeness (QED) is 0.742. The third kappa shape index (κ3) is 5.50. The van der Waals surface area contributed by atoms with E-state index < -0.39 is 23.4 Å². The smallest absolute Gasteiger partial charge is 0.258 e. The molecule has 7 nitrogen and oxygen atoms in total. The van der Waals surface area contributed by atoms with Crippen LogP contribution in [0, 0.1) is 11.6 Å². The molecular formula is C20H19F2N3O4. The molecule has 1 heterocycles. The third-order valence-corrected chi connectivity index (χ3v) is 4.24. The summed E-state index contributed by atoms with van der Waals surface area (Å²) in [6.07, 6.45) is 1.38. The van der Waals surface area contributed by atoms with Crippen molar-refractivity contribution in [3.8, 4) is 5.75 Å². The molecule has 0 atom stereocenters. The molecule has 29 heavy (non-hydrogen) atoms. The predicted octanol–water partition coefficient (Wildman–Crippen LogP) is 2.23. The number of anilines is 2. The number of nitrogens with zero attached hydrogens (tertiary/aromatic N) is 1. The van der Waals surface area contributed by atoms with E-state index in [4.69, 9.17) is 4.74 Å². The normalized spacial score (nSPS) is 13.3. The summed E-state index contributed by atoms with van der Waals surface area (Å²) in [5, 5.41) is 4.71. The van der Waals surface area contributed by atoms with Crippen LogP contribution >= 0.6 is 0 Å². The lowest BCUT2D eigenvalue weighted by Crippen LogP contribution is -2.35.